The molecule has 0 aromatic heterocycles. The summed E-state index contributed by atoms with van der Waals surface area (Å²) in [6, 6.07) is 18.0. The van der Waals surface area contributed by atoms with Crippen molar-refractivity contribution in [1.82, 2.24) is 10.7 Å². The Morgan fingerprint density at radius 3 is 2.61 bits per heavy atom. The van der Waals surface area contributed by atoms with Crippen LogP contribution >= 0.6 is 0 Å². The molecule has 0 saturated carbocycles. The Balaban J connectivity index is 1.43. The van der Waals surface area contributed by atoms with Crippen LogP contribution in [0.5, 0.6) is 11.5 Å². The van der Waals surface area contributed by atoms with E-state index in [0.717, 1.165) is 16.3 Å². The molecule has 1 unspecified atom stereocenters. The second-order valence-electron chi connectivity index (χ2n) is 7.57. The normalized spacial score (nSPS) is 13.5. The van der Waals surface area contributed by atoms with Gasteiger partial charge in [-0.1, -0.05) is 56.3 Å². The van der Waals surface area contributed by atoms with Crippen molar-refractivity contribution in [3.05, 3.63) is 71.8 Å². The maximum Gasteiger partial charge on any atom is 0.262 e. The van der Waals surface area contributed by atoms with Crippen molar-refractivity contribution in [3.63, 3.8) is 0 Å². The largest absolute Gasteiger partial charge is 0.454 e. The predicted octanol–water partition coefficient (Wildman–Crippen LogP) is 3.47. The van der Waals surface area contributed by atoms with Crippen LogP contribution < -0.4 is 20.2 Å². The summed E-state index contributed by atoms with van der Waals surface area (Å²) >= 11 is 0. The van der Waals surface area contributed by atoms with Crippen LogP contribution in [0.25, 0.3) is 10.8 Å². The second-order valence-corrected chi connectivity index (χ2v) is 7.57. The van der Waals surface area contributed by atoms with Crippen molar-refractivity contribution in [2.75, 3.05) is 6.79 Å². The molecule has 0 fully saturated rings. The zero-order valence-electron chi connectivity index (χ0n) is 17.3. The van der Waals surface area contributed by atoms with Gasteiger partial charge in [0, 0.05) is 11.1 Å². The molecule has 3 aromatic rings. The third-order valence-corrected chi connectivity index (χ3v) is 5.07. The molecule has 2 amide bonds. The molecule has 0 radical (unpaired) electrons. The number of rotatable bonds is 6. The molecule has 2 N–H and O–H groups in total. The van der Waals surface area contributed by atoms with Crippen LogP contribution in [-0.4, -0.2) is 30.9 Å². The fourth-order valence-electron chi connectivity index (χ4n) is 3.40. The third-order valence-electron chi connectivity index (χ3n) is 5.07. The van der Waals surface area contributed by atoms with Crippen LogP contribution in [0.1, 0.15) is 29.8 Å². The summed E-state index contributed by atoms with van der Waals surface area (Å²) in [6.07, 6.45) is 1.61. The molecule has 7 heteroatoms. The first-order chi connectivity index (χ1) is 15.0. The number of ether oxygens (including phenoxy) is 2. The number of nitrogens with one attached hydrogen (secondary N) is 2. The third kappa shape index (κ3) is 4.50. The Labute approximate surface area is 180 Å². The van der Waals surface area contributed by atoms with Gasteiger partial charge in [-0.25, -0.2) is 5.43 Å². The number of carbonyl (C=O) groups excluding carboxylic acids is 2. The first-order valence-corrected chi connectivity index (χ1v) is 10.0. The fourth-order valence-corrected chi connectivity index (χ4v) is 3.40. The first-order valence-electron chi connectivity index (χ1n) is 10.0. The lowest BCUT2D eigenvalue weighted by atomic mass is 10.0. The molecule has 31 heavy (non-hydrogen) atoms. The molecule has 158 valence electrons. The van der Waals surface area contributed by atoms with Gasteiger partial charge in [0.2, 0.25) is 6.79 Å². The van der Waals surface area contributed by atoms with E-state index in [1.165, 1.54) is 0 Å². The Bertz CT molecular complexity index is 1150. The Hall–Kier alpha value is -3.87. The molecule has 1 aliphatic rings. The zero-order chi connectivity index (χ0) is 21.8. The molecule has 1 atom stereocenters. The van der Waals surface area contributed by atoms with E-state index < -0.39 is 6.04 Å². The maximum atomic E-state index is 12.7. The van der Waals surface area contributed by atoms with Gasteiger partial charge in [0.15, 0.2) is 11.5 Å². The molecular weight excluding hydrogens is 394 g/mol. The standard InChI is InChI=1S/C24H23N3O4/c1-15(2)22(26-23(28)17-10-11-20-21(12-17)31-14-30-20)24(29)27-25-13-18-8-5-7-16-6-3-4-9-19(16)18/h3-13,15,22H,14H2,1-2H3,(H,26,28)(H,27,29)/b25-13+. The van der Waals surface area contributed by atoms with E-state index in [9.17, 15) is 9.59 Å². The van der Waals surface area contributed by atoms with E-state index >= 15 is 0 Å². The van der Waals surface area contributed by atoms with Crippen LogP contribution in [0.15, 0.2) is 65.8 Å². The van der Waals surface area contributed by atoms with Gasteiger partial charge in [-0.2, -0.15) is 5.10 Å². The Morgan fingerprint density at radius 1 is 1.00 bits per heavy atom. The van der Waals surface area contributed by atoms with Crippen LogP contribution in [0.4, 0.5) is 0 Å². The predicted molar refractivity (Wildman–Crippen MR) is 118 cm³/mol. The summed E-state index contributed by atoms with van der Waals surface area (Å²) in [4.78, 5) is 25.4. The van der Waals surface area contributed by atoms with E-state index in [1.54, 1.807) is 24.4 Å². The highest BCUT2D eigenvalue weighted by Gasteiger charge is 2.25. The monoisotopic (exact) mass is 417 g/mol. The van der Waals surface area contributed by atoms with E-state index in [0.29, 0.717) is 17.1 Å². The second kappa shape index (κ2) is 8.87. The molecule has 0 bridgehead atoms. The van der Waals surface area contributed by atoms with Gasteiger partial charge in [0.1, 0.15) is 6.04 Å². The number of hydrogen-bond donors (Lipinski definition) is 2. The number of fused-ring (bicyclic) bond motifs is 2. The fraction of sp³-hybridized carbons (Fsp3) is 0.208. The highest BCUT2D eigenvalue weighted by atomic mass is 16.7. The molecule has 7 nitrogen and oxygen atoms in total. The van der Waals surface area contributed by atoms with Gasteiger partial charge in [-0.3, -0.25) is 9.59 Å². The Morgan fingerprint density at radius 2 is 1.77 bits per heavy atom. The molecular formula is C24H23N3O4. The number of benzene rings is 3. The highest BCUT2D eigenvalue weighted by molar-refractivity contribution is 6.00. The average Bonchev–Trinajstić information content (AvgIpc) is 3.25. The number of amides is 2. The number of nitrogens with zero attached hydrogens (tertiary/aromatic N) is 1. The van der Waals surface area contributed by atoms with E-state index in [-0.39, 0.29) is 24.5 Å². The summed E-state index contributed by atoms with van der Waals surface area (Å²) in [7, 11) is 0. The molecule has 3 aromatic carbocycles. The molecule has 1 heterocycles. The number of carbonyl (C=O) groups is 2. The van der Waals surface area contributed by atoms with E-state index in [1.807, 2.05) is 56.3 Å². The van der Waals surface area contributed by atoms with Gasteiger partial charge in [-0.15, -0.1) is 0 Å². The lowest BCUT2D eigenvalue weighted by molar-refractivity contribution is -0.123. The SMILES string of the molecule is CC(C)C(NC(=O)c1ccc2c(c1)OCO2)C(=O)N/N=C/c1cccc2ccccc12. The van der Waals surface area contributed by atoms with E-state index in [4.69, 9.17) is 9.47 Å². The maximum absolute atomic E-state index is 12.7. The summed E-state index contributed by atoms with van der Waals surface area (Å²) in [5, 5.41) is 9.02. The number of hydrazone groups is 1. The van der Waals surface area contributed by atoms with Crippen LogP contribution in [0, 0.1) is 5.92 Å². The van der Waals surface area contributed by atoms with Crippen molar-refractivity contribution < 1.29 is 19.1 Å². The van der Waals surface area contributed by atoms with Crippen molar-refractivity contribution in [1.29, 1.82) is 0 Å². The molecule has 0 saturated heterocycles. The minimum atomic E-state index is -0.748. The van der Waals surface area contributed by atoms with Crippen molar-refractivity contribution in [2.24, 2.45) is 11.0 Å². The molecule has 0 spiro atoms. The van der Waals surface area contributed by atoms with Crippen molar-refractivity contribution in [2.45, 2.75) is 19.9 Å². The van der Waals surface area contributed by atoms with Crippen molar-refractivity contribution in [3.8, 4) is 11.5 Å². The smallest absolute Gasteiger partial charge is 0.262 e. The molecule has 4 rings (SSSR count). The average molecular weight is 417 g/mol. The van der Waals surface area contributed by atoms with Gasteiger partial charge in [0.05, 0.1) is 6.21 Å². The topological polar surface area (TPSA) is 89.0 Å². The first kappa shape index (κ1) is 20.4. The van der Waals surface area contributed by atoms with Crippen molar-refractivity contribution >= 4 is 28.8 Å². The Kier molecular flexibility index (Phi) is 5.84. The summed E-state index contributed by atoms with van der Waals surface area (Å²) in [5.41, 5.74) is 3.83. The van der Waals surface area contributed by atoms with Gasteiger partial charge in [0.25, 0.3) is 11.8 Å². The van der Waals surface area contributed by atoms with Crippen LogP contribution in [-0.2, 0) is 4.79 Å². The number of hydrogen-bond acceptors (Lipinski definition) is 5. The van der Waals surface area contributed by atoms with Crippen LogP contribution in [0.2, 0.25) is 0 Å². The van der Waals surface area contributed by atoms with Gasteiger partial charge < -0.3 is 14.8 Å². The lowest BCUT2D eigenvalue weighted by Gasteiger charge is -2.20. The highest BCUT2D eigenvalue weighted by Crippen LogP contribution is 2.32. The summed E-state index contributed by atoms with van der Waals surface area (Å²) in [6.45, 7) is 3.85. The summed E-state index contributed by atoms with van der Waals surface area (Å²) in [5.74, 6) is 0.215. The molecule has 1 aliphatic heterocycles. The minimum absolute atomic E-state index is 0.131. The minimum Gasteiger partial charge on any atom is -0.454 e. The summed E-state index contributed by atoms with van der Waals surface area (Å²) < 4.78 is 10.6. The zero-order valence-corrected chi connectivity index (χ0v) is 17.3. The van der Waals surface area contributed by atoms with E-state index in [2.05, 4.69) is 15.8 Å². The van der Waals surface area contributed by atoms with Crippen LogP contribution in [0.3, 0.4) is 0 Å². The van der Waals surface area contributed by atoms with Gasteiger partial charge in [-0.05, 0) is 34.9 Å². The lowest BCUT2D eigenvalue weighted by Crippen LogP contribution is -2.48. The quantitative estimate of drug-likeness (QED) is 0.475. The molecule has 0 aliphatic carbocycles. The van der Waals surface area contributed by atoms with Gasteiger partial charge >= 0.3 is 0 Å².